The number of nitrogens with one attached hydrogen (secondary N) is 1. The van der Waals surface area contributed by atoms with Crippen molar-refractivity contribution in [2.24, 2.45) is 0 Å². The highest BCUT2D eigenvalue weighted by Gasteiger charge is 2.54. The van der Waals surface area contributed by atoms with E-state index < -0.39 is 23.1 Å². The molecule has 0 radical (unpaired) electrons. The van der Waals surface area contributed by atoms with Crippen LogP contribution in [0.3, 0.4) is 0 Å². The van der Waals surface area contributed by atoms with Crippen molar-refractivity contribution >= 4 is 17.7 Å². The lowest BCUT2D eigenvalue weighted by molar-refractivity contribution is -0.606. The first-order chi connectivity index (χ1) is 14.9. The zero-order valence-corrected chi connectivity index (χ0v) is 16.5. The van der Waals surface area contributed by atoms with Crippen molar-refractivity contribution in [2.75, 3.05) is 5.32 Å². The van der Waals surface area contributed by atoms with E-state index in [1.807, 2.05) is 30.3 Å². The topological polar surface area (TPSA) is 120 Å². The van der Waals surface area contributed by atoms with Crippen LogP contribution in [0, 0.1) is 5.21 Å². The standard InChI is InChI=1S/C22H20N4O5/c27-19-16-6-12-25(30)14-17(16)22(31-19)10-8-21(29,9-11-22)20(28)23-18-7-13-26(24-18)15-4-2-1-3-5-15/h1-7,12-14,29H,8-11H2,(H,23,24,28)/t21-,22+. The summed E-state index contributed by atoms with van der Waals surface area (Å²) in [5.74, 6) is -0.721. The molecule has 0 unspecified atom stereocenters. The molecule has 2 aromatic heterocycles. The molecule has 0 bridgehead atoms. The Kier molecular flexibility index (Phi) is 4.30. The fourth-order valence-corrected chi connectivity index (χ4v) is 4.32. The maximum absolute atomic E-state index is 12.8. The minimum Gasteiger partial charge on any atom is -0.619 e. The van der Waals surface area contributed by atoms with Crippen LogP contribution in [0.5, 0.6) is 0 Å². The first-order valence-corrected chi connectivity index (χ1v) is 10.0. The number of carbonyl (C=O) groups is 2. The van der Waals surface area contributed by atoms with Crippen LogP contribution in [0.15, 0.2) is 61.1 Å². The van der Waals surface area contributed by atoms with Gasteiger partial charge in [-0.3, -0.25) is 4.79 Å². The van der Waals surface area contributed by atoms with Gasteiger partial charge in [-0.2, -0.15) is 9.83 Å². The molecule has 9 heteroatoms. The second-order valence-corrected chi connectivity index (χ2v) is 7.98. The molecule has 2 aliphatic rings. The van der Waals surface area contributed by atoms with Gasteiger partial charge in [-0.05, 0) is 37.8 Å². The van der Waals surface area contributed by atoms with Crippen molar-refractivity contribution in [1.82, 2.24) is 9.78 Å². The number of aromatic nitrogens is 3. The fourth-order valence-electron chi connectivity index (χ4n) is 4.32. The normalized spacial score (nSPS) is 24.6. The molecule has 3 heterocycles. The smallest absolute Gasteiger partial charge is 0.339 e. The van der Waals surface area contributed by atoms with Crippen LogP contribution in [-0.4, -0.2) is 32.4 Å². The molecule has 1 saturated carbocycles. The van der Waals surface area contributed by atoms with E-state index in [9.17, 15) is 19.9 Å². The lowest BCUT2D eigenvalue weighted by Gasteiger charge is -2.39. The number of carbonyl (C=O) groups excluding carboxylic acids is 2. The minimum absolute atomic E-state index is 0.0820. The maximum atomic E-state index is 12.8. The Morgan fingerprint density at radius 1 is 1.16 bits per heavy atom. The van der Waals surface area contributed by atoms with Crippen LogP contribution >= 0.6 is 0 Å². The molecule has 5 rings (SSSR count). The number of hydrogen-bond donors (Lipinski definition) is 2. The van der Waals surface area contributed by atoms with Gasteiger partial charge in [0.25, 0.3) is 5.91 Å². The number of hydrogen-bond acceptors (Lipinski definition) is 6. The summed E-state index contributed by atoms with van der Waals surface area (Å²) >= 11 is 0. The van der Waals surface area contributed by atoms with Crippen molar-refractivity contribution < 1.29 is 24.2 Å². The number of fused-ring (bicyclic) bond motifs is 2. The Labute approximate surface area is 177 Å². The van der Waals surface area contributed by atoms with E-state index in [-0.39, 0.29) is 25.7 Å². The average Bonchev–Trinajstić information content (AvgIpc) is 3.34. The second kappa shape index (κ2) is 6.92. The molecule has 158 valence electrons. The van der Waals surface area contributed by atoms with Gasteiger partial charge in [0.15, 0.2) is 18.2 Å². The molecule has 1 fully saturated rings. The van der Waals surface area contributed by atoms with Gasteiger partial charge in [0.1, 0.15) is 11.2 Å². The number of aliphatic hydroxyl groups is 1. The number of anilines is 1. The first-order valence-electron chi connectivity index (χ1n) is 10.0. The Morgan fingerprint density at radius 2 is 1.90 bits per heavy atom. The van der Waals surface area contributed by atoms with Crippen molar-refractivity contribution in [3.8, 4) is 5.69 Å². The van der Waals surface area contributed by atoms with Gasteiger partial charge in [-0.15, -0.1) is 0 Å². The summed E-state index contributed by atoms with van der Waals surface area (Å²) in [5, 5.41) is 29.7. The van der Waals surface area contributed by atoms with Crippen LogP contribution in [0.25, 0.3) is 5.69 Å². The first kappa shape index (κ1) is 19.3. The molecule has 31 heavy (non-hydrogen) atoms. The molecule has 2 N–H and O–H groups in total. The van der Waals surface area contributed by atoms with Gasteiger partial charge in [-0.25, -0.2) is 9.48 Å². The summed E-state index contributed by atoms with van der Waals surface area (Å²) in [6, 6.07) is 12.5. The van der Waals surface area contributed by atoms with Crippen molar-refractivity contribution in [3.05, 3.63) is 77.4 Å². The average molecular weight is 420 g/mol. The largest absolute Gasteiger partial charge is 0.619 e. The number of benzene rings is 1. The van der Waals surface area contributed by atoms with Gasteiger partial charge in [0, 0.05) is 18.3 Å². The molecule has 3 aromatic rings. The van der Waals surface area contributed by atoms with Crippen LogP contribution in [0.1, 0.15) is 41.6 Å². The van der Waals surface area contributed by atoms with E-state index in [0.29, 0.717) is 21.7 Å². The number of ether oxygens (including phenoxy) is 1. The molecule has 1 amide bonds. The zero-order valence-electron chi connectivity index (χ0n) is 16.5. The maximum Gasteiger partial charge on any atom is 0.339 e. The number of esters is 1. The van der Waals surface area contributed by atoms with E-state index in [2.05, 4.69) is 10.4 Å². The third kappa shape index (κ3) is 3.23. The van der Waals surface area contributed by atoms with Gasteiger partial charge in [-0.1, -0.05) is 18.2 Å². The lowest BCUT2D eigenvalue weighted by Crippen LogP contribution is -2.49. The Hall–Kier alpha value is -3.72. The monoisotopic (exact) mass is 420 g/mol. The highest BCUT2D eigenvalue weighted by Crippen LogP contribution is 2.48. The zero-order chi connectivity index (χ0) is 21.6. The third-order valence-electron chi connectivity index (χ3n) is 6.09. The molecular weight excluding hydrogens is 400 g/mol. The summed E-state index contributed by atoms with van der Waals surface area (Å²) in [4.78, 5) is 25.1. The molecule has 1 aromatic carbocycles. The Balaban J connectivity index is 1.30. The molecular formula is C22H20N4O5. The quantitative estimate of drug-likeness (QED) is 0.379. The van der Waals surface area contributed by atoms with Crippen molar-refractivity contribution in [1.29, 1.82) is 0 Å². The van der Waals surface area contributed by atoms with Crippen LogP contribution in [0.4, 0.5) is 5.82 Å². The molecule has 1 aliphatic heterocycles. The SMILES string of the molecule is O=C1O[C@]2(CC[C@](O)(C(=O)Nc3ccn(-c4ccccc4)n3)CC2)c2c[n+]([O-])ccc21. The summed E-state index contributed by atoms with van der Waals surface area (Å²) in [6.45, 7) is 0. The van der Waals surface area contributed by atoms with Gasteiger partial charge >= 0.3 is 5.97 Å². The predicted molar refractivity (Wildman–Crippen MR) is 108 cm³/mol. The molecule has 0 atom stereocenters. The van der Waals surface area contributed by atoms with E-state index >= 15 is 0 Å². The summed E-state index contributed by atoms with van der Waals surface area (Å²) in [6.07, 6.45) is 4.94. The van der Waals surface area contributed by atoms with Crippen LogP contribution < -0.4 is 10.0 Å². The summed E-state index contributed by atoms with van der Waals surface area (Å²) in [5.41, 5.74) is -0.897. The summed E-state index contributed by atoms with van der Waals surface area (Å²) in [7, 11) is 0. The van der Waals surface area contributed by atoms with E-state index in [1.165, 1.54) is 18.5 Å². The van der Waals surface area contributed by atoms with Gasteiger partial charge < -0.3 is 20.4 Å². The fraction of sp³-hybridized carbons (Fsp3) is 0.273. The molecule has 1 aliphatic carbocycles. The minimum atomic E-state index is -1.63. The van der Waals surface area contributed by atoms with E-state index in [0.717, 1.165) is 5.69 Å². The number of rotatable bonds is 3. The van der Waals surface area contributed by atoms with E-state index in [4.69, 9.17) is 4.74 Å². The number of para-hydroxylation sites is 1. The number of amides is 1. The lowest BCUT2D eigenvalue weighted by atomic mass is 9.73. The Bertz CT molecular complexity index is 1170. The van der Waals surface area contributed by atoms with E-state index in [1.54, 1.807) is 16.9 Å². The molecule has 1 spiro atoms. The number of nitrogens with zero attached hydrogens (tertiary/aromatic N) is 3. The second-order valence-electron chi connectivity index (χ2n) is 7.98. The third-order valence-corrected chi connectivity index (χ3v) is 6.09. The van der Waals surface area contributed by atoms with Crippen molar-refractivity contribution in [2.45, 2.75) is 36.9 Å². The highest BCUT2D eigenvalue weighted by atomic mass is 16.6. The molecule has 9 nitrogen and oxygen atoms in total. The highest BCUT2D eigenvalue weighted by molar-refractivity contribution is 5.97. The van der Waals surface area contributed by atoms with Crippen molar-refractivity contribution in [3.63, 3.8) is 0 Å². The van der Waals surface area contributed by atoms with Crippen LogP contribution in [-0.2, 0) is 15.1 Å². The van der Waals surface area contributed by atoms with Crippen LogP contribution in [0.2, 0.25) is 0 Å². The number of pyridine rings is 1. The summed E-state index contributed by atoms with van der Waals surface area (Å²) < 4.78 is 7.86. The van der Waals surface area contributed by atoms with Gasteiger partial charge in [0.05, 0.1) is 16.8 Å². The predicted octanol–water partition coefficient (Wildman–Crippen LogP) is 1.82. The molecule has 0 saturated heterocycles. The Morgan fingerprint density at radius 3 is 2.65 bits per heavy atom. The van der Waals surface area contributed by atoms with Gasteiger partial charge in [0.2, 0.25) is 0 Å².